The molecule has 0 N–H and O–H groups in total. The maximum Gasteiger partial charge on any atom is 0.198 e. The van der Waals surface area contributed by atoms with Gasteiger partial charge in [-0.3, -0.25) is 14.8 Å². The minimum atomic E-state index is -0.346. The number of nitrogens with zero attached hydrogens (tertiary/aromatic N) is 6. The second kappa shape index (κ2) is 16.8. The number of allylic oxidation sites excluding steroid dienone is 2. The number of aromatic nitrogens is 2. The number of carbonyl (C=O) groups excluding carboxylic acids is 1. The van der Waals surface area contributed by atoms with Crippen LogP contribution >= 0.6 is 0 Å². The first-order valence-electron chi connectivity index (χ1n) is 23.0. The highest BCUT2D eigenvalue weighted by Gasteiger charge is 2.46. The van der Waals surface area contributed by atoms with Crippen molar-refractivity contribution in [2.24, 2.45) is 0 Å². The standard InChI is InChI=1S/C59H48N6O/c66-59(53-49-37-60-33-29-51(49)64(47-25-9-3-10-26-47)55(43-19-5-1-6-20-43)57(53)62-35-31-41-17-13-15-23-45(41)39-62)54-50-38-61-34-30-52(50)65(48-27-11-4-12-28-48)56(44-21-7-2-8-22-44)58(54)63-36-32-42-18-14-16-24-46(42)40-63/h1-30,33-34,37-38,55-56H,31-32,35-36,39-40H2. The lowest BCUT2D eigenvalue weighted by atomic mass is 9.79. The van der Waals surface area contributed by atoms with Crippen molar-refractivity contribution in [3.63, 3.8) is 0 Å². The summed E-state index contributed by atoms with van der Waals surface area (Å²) < 4.78 is 0. The molecular weight excluding hydrogens is 809 g/mol. The summed E-state index contributed by atoms with van der Waals surface area (Å²) in [6.45, 7) is 2.86. The molecule has 2 unspecified atom stereocenters. The lowest BCUT2D eigenvalue weighted by Crippen LogP contribution is -2.43. The van der Waals surface area contributed by atoms with Crippen molar-refractivity contribution in [2.75, 3.05) is 22.9 Å². The van der Waals surface area contributed by atoms with Crippen LogP contribution in [0.1, 0.15) is 56.6 Å². The Morgan fingerprint density at radius 3 is 1.20 bits per heavy atom. The third-order valence-corrected chi connectivity index (χ3v) is 13.9. The van der Waals surface area contributed by atoms with Crippen LogP contribution in [0.15, 0.2) is 218 Å². The summed E-state index contributed by atoms with van der Waals surface area (Å²) in [5.41, 5.74) is 16.4. The maximum atomic E-state index is 17.3. The molecule has 0 radical (unpaired) electrons. The van der Waals surface area contributed by atoms with Crippen molar-refractivity contribution in [3.8, 4) is 0 Å². The number of benzene rings is 6. The number of fused-ring (bicyclic) bond motifs is 4. The predicted molar refractivity (Wildman–Crippen MR) is 264 cm³/mol. The Morgan fingerprint density at radius 1 is 0.424 bits per heavy atom. The number of anilines is 4. The first-order chi connectivity index (χ1) is 32.7. The zero-order chi connectivity index (χ0) is 44.0. The molecule has 0 fully saturated rings. The van der Waals surface area contributed by atoms with Crippen molar-refractivity contribution >= 4 is 39.7 Å². The molecule has 0 aliphatic carbocycles. The zero-order valence-electron chi connectivity index (χ0n) is 36.6. The largest absolute Gasteiger partial charge is 0.368 e. The second-order valence-electron chi connectivity index (χ2n) is 17.6. The molecule has 4 aliphatic heterocycles. The smallest absolute Gasteiger partial charge is 0.198 e. The van der Waals surface area contributed by atoms with E-state index in [2.05, 4.69) is 202 Å². The van der Waals surface area contributed by atoms with Gasteiger partial charge in [0.25, 0.3) is 0 Å². The van der Waals surface area contributed by atoms with E-state index in [0.717, 1.165) is 82.3 Å². The highest BCUT2D eigenvalue weighted by atomic mass is 16.1. The molecule has 2 aromatic heterocycles. The molecule has 2 atom stereocenters. The highest BCUT2D eigenvalue weighted by Crippen LogP contribution is 2.55. The fraction of sp³-hybridized carbons (Fsp3) is 0.136. The molecule has 0 spiro atoms. The van der Waals surface area contributed by atoms with E-state index in [-0.39, 0.29) is 17.9 Å². The van der Waals surface area contributed by atoms with Crippen molar-refractivity contribution in [3.05, 3.63) is 263 Å². The third-order valence-electron chi connectivity index (χ3n) is 13.9. The van der Waals surface area contributed by atoms with Crippen LogP contribution in [0, 0.1) is 0 Å². The molecule has 7 heteroatoms. The quantitative estimate of drug-likeness (QED) is 0.151. The average Bonchev–Trinajstić information content (AvgIpc) is 3.40. The molecule has 4 aliphatic rings. The topological polar surface area (TPSA) is 55.8 Å². The number of hydrogen-bond acceptors (Lipinski definition) is 7. The number of Topliss-reactive ketones (excluding diaryl/α,β-unsaturated/α-hetero) is 1. The van der Waals surface area contributed by atoms with E-state index >= 15 is 4.79 Å². The SMILES string of the molecule is O=C(C1=C(N2CCc3ccccc3C2)C(c2ccccc2)N(c2ccccc2)c2ccncc21)C1=C(N2CCc3ccccc3C2)C(c2ccccc2)N(c2ccccc2)c2ccncc21. The predicted octanol–water partition coefficient (Wildman–Crippen LogP) is 12.1. The van der Waals surface area contributed by atoms with Crippen LogP contribution in [0.4, 0.5) is 22.7 Å². The fourth-order valence-electron chi connectivity index (χ4n) is 11.0. The second-order valence-corrected chi connectivity index (χ2v) is 17.6. The van der Waals surface area contributed by atoms with Crippen molar-refractivity contribution in [1.29, 1.82) is 0 Å². The van der Waals surface area contributed by atoms with Crippen LogP contribution in [0.3, 0.4) is 0 Å². The fourth-order valence-corrected chi connectivity index (χ4v) is 11.0. The summed E-state index contributed by atoms with van der Waals surface area (Å²) in [7, 11) is 0. The Labute approximate surface area is 386 Å². The minimum Gasteiger partial charge on any atom is -0.368 e. The van der Waals surface area contributed by atoms with E-state index in [1.54, 1.807) is 0 Å². The molecule has 0 amide bonds. The third kappa shape index (κ3) is 6.78. The van der Waals surface area contributed by atoms with Gasteiger partial charge in [-0.1, -0.05) is 146 Å². The van der Waals surface area contributed by atoms with E-state index in [4.69, 9.17) is 9.97 Å². The van der Waals surface area contributed by atoms with Gasteiger partial charge in [-0.25, -0.2) is 0 Å². The monoisotopic (exact) mass is 856 g/mol. The van der Waals surface area contributed by atoms with E-state index in [1.807, 2.05) is 24.8 Å². The van der Waals surface area contributed by atoms with Crippen LogP contribution in [-0.2, 0) is 30.7 Å². The van der Waals surface area contributed by atoms with Gasteiger partial charge in [0.15, 0.2) is 5.78 Å². The van der Waals surface area contributed by atoms with E-state index < -0.39 is 0 Å². The van der Waals surface area contributed by atoms with E-state index in [1.165, 1.54) is 22.3 Å². The normalized spacial score (nSPS) is 17.8. The average molecular weight is 857 g/mol. The number of pyridine rings is 2. The van der Waals surface area contributed by atoms with Gasteiger partial charge < -0.3 is 19.6 Å². The summed E-state index contributed by atoms with van der Waals surface area (Å²) in [6.07, 6.45) is 9.30. The Kier molecular flexibility index (Phi) is 10.1. The van der Waals surface area contributed by atoms with Gasteiger partial charge >= 0.3 is 0 Å². The molecule has 0 saturated heterocycles. The maximum absolute atomic E-state index is 17.3. The summed E-state index contributed by atoms with van der Waals surface area (Å²) >= 11 is 0. The lowest BCUT2D eigenvalue weighted by molar-refractivity contribution is -0.109. The molecule has 8 aromatic rings. The van der Waals surface area contributed by atoms with Crippen LogP contribution in [0.25, 0.3) is 11.1 Å². The molecule has 6 aromatic carbocycles. The first-order valence-corrected chi connectivity index (χ1v) is 23.0. The Morgan fingerprint density at radius 2 is 0.788 bits per heavy atom. The summed E-state index contributed by atoms with van der Waals surface area (Å²) in [5.74, 6) is -0.0245. The Hall–Kier alpha value is -8.03. The number of hydrogen-bond donors (Lipinski definition) is 0. The van der Waals surface area contributed by atoms with Crippen molar-refractivity contribution < 1.29 is 4.79 Å². The molecule has 12 rings (SSSR count). The van der Waals surface area contributed by atoms with Gasteiger partial charge in [-0.2, -0.15) is 0 Å². The Balaban J connectivity index is 1.19. The van der Waals surface area contributed by atoms with Crippen molar-refractivity contribution in [1.82, 2.24) is 19.8 Å². The molecule has 66 heavy (non-hydrogen) atoms. The van der Waals surface area contributed by atoms with Crippen LogP contribution in [-0.4, -0.2) is 38.6 Å². The van der Waals surface area contributed by atoms with Gasteiger partial charge in [0, 0.05) is 73.5 Å². The van der Waals surface area contributed by atoms with Gasteiger partial charge in [0.2, 0.25) is 0 Å². The molecule has 6 heterocycles. The summed E-state index contributed by atoms with van der Waals surface area (Å²) in [5, 5.41) is 0. The minimum absolute atomic E-state index is 0.0245. The molecular formula is C59H48N6O. The summed E-state index contributed by atoms with van der Waals surface area (Å²) in [6, 6.07) is 63.7. The zero-order valence-corrected chi connectivity index (χ0v) is 36.6. The number of rotatable bonds is 8. The van der Waals surface area contributed by atoms with Crippen LogP contribution in [0.2, 0.25) is 0 Å². The van der Waals surface area contributed by atoms with Gasteiger partial charge in [-0.05, 0) is 82.6 Å². The summed E-state index contributed by atoms with van der Waals surface area (Å²) in [4.78, 5) is 36.8. The number of carbonyl (C=O) groups is 1. The molecule has 7 nitrogen and oxygen atoms in total. The van der Waals surface area contributed by atoms with Gasteiger partial charge in [0.05, 0.1) is 46.0 Å². The van der Waals surface area contributed by atoms with Crippen LogP contribution in [0.5, 0.6) is 0 Å². The number of para-hydroxylation sites is 2. The van der Waals surface area contributed by atoms with Crippen LogP contribution < -0.4 is 9.80 Å². The van der Waals surface area contributed by atoms with E-state index in [0.29, 0.717) is 24.2 Å². The van der Waals surface area contributed by atoms with Crippen molar-refractivity contribution in [2.45, 2.75) is 38.0 Å². The molecule has 320 valence electrons. The molecule has 0 bridgehead atoms. The molecule has 0 saturated carbocycles. The number of ketones is 1. The van der Waals surface area contributed by atoms with Gasteiger partial charge in [0.1, 0.15) is 0 Å². The van der Waals surface area contributed by atoms with E-state index in [9.17, 15) is 0 Å². The first kappa shape index (κ1) is 39.6. The Bertz CT molecular complexity index is 2940. The van der Waals surface area contributed by atoms with Gasteiger partial charge in [-0.15, -0.1) is 0 Å². The highest BCUT2D eigenvalue weighted by molar-refractivity contribution is 6.45. The lowest BCUT2D eigenvalue weighted by Gasteiger charge is -2.48.